The average molecular weight is 384 g/mol. The van der Waals surface area contributed by atoms with Gasteiger partial charge in [-0.1, -0.05) is 12.1 Å². The molecule has 0 aliphatic heterocycles. The normalized spacial score (nSPS) is 12.5. The number of aromatic nitrogens is 1. The number of ether oxygens (including phenoxy) is 1. The van der Waals surface area contributed by atoms with Crippen LogP contribution in [0.1, 0.15) is 11.1 Å². The van der Waals surface area contributed by atoms with E-state index in [1.807, 2.05) is 13.0 Å². The first kappa shape index (κ1) is 20.5. The van der Waals surface area contributed by atoms with Gasteiger partial charge in [-0.15, -0.1) is 0 Å². The summed E-state index contributed by atoms with van der Waals surface area (Å²) in [6, 6.07) is 8.89. The lowest BCUT2D eigenvalue weighted by Gasteiger charge is -2.14. The van der Waals surface area contributed by atoms with Gasteiger partial charge in [0.1, 0.15) is 30.6 Å². The van der Waals surface area contributed by atoms with Crippen molar-refractivity contribution < 1.29 is 27.8 Å². The molecule has 0 bridgehead atoms. The zero-order valence-corrected chi connectivity index (χ0v) is 14.5. The zero-order chi connectivity index (χ0) is 20.0. The summed E-state index contributed by atoms with van der Waals surface area (Å²) in [7, 11) is 0. The molecular formula is C18H19F3N2O4. The molecule has 1 unspecified atom stereocenters. The fourth-order valence-corrected chi connectivity index (χ4v) is 2.28. The number of nitrogens with zero attached hydrogens (tertiary/aromatic N) is 1. The topological polar surface area (TPSA) is 80.6 Å². The molecule has 1 aromatic carbocycles. The van der Waals surface area contributed by atoms with Gasteiger partial charge in [0.15, 0.2) is 0 Å². The number of alkyl halides is 3. The third-order valence-corrected chi connectivity index (χ3v) is 3.61. The van der Waals surface area contributed by atoms with Crippen LogP contribution in [0, 0.1) is 6.92 Å². The Morgan fingerprint density at radius 2 is 2.04 bits per heavy atom. The van der Waals surface area contributed by atoms with Gasteiger partial charge in [0.25, 0.3) is 5.56 Å². The Hall–Kier alpha value is -2.81. The summed E-state index contributed by atoms with van der Waals surface area (Å²) in [4.78, 5) is 23.6. The molecule has 0 saturated carbocycles. The highest BCUT2D eigenvalue weighted by atomic mass is 19.4. The molecule has 0 aliphatic carbocycles. The number of aliphatic hydroxyl groups is 1. The molecule has 1 atom stereocenters. The number of nitrogens with one attached hydrogen (secondary N) is 1. The van der Waals surface area contributed by atoms with Gasteiger partial charge < -0.3 is 19.7 Å². The Labute approximate surface area is 153 Å². The SMILES string of the molecule is Cc1cccc(OCC(O)CNC(=O)Cn2cccc(C(F)(F)F)c2=O)c1. The molecule has 2 aromatic rings. The molecule has 1 aromatic heterocycles. The van der Waals surface area contributed by atoms with Gasteiger partial charge in [-0.05, 0) is 36.8 Å². The van der Waals surface area contributed by atoms with E-state index in [1.165, 1.54) is 0 Å². The molecule has 1 amide bonds. The summed E-state index contributed by atoms with van der Waals surface area (Å²) >= 11 is 0. The minimum absolute atomic E-state index is 0.0762. The Morgan fingerprint density at radius 1 is 1.30 bits per heavy atom. The van der Waals surface area contributed by atoms with Crippen molar-refractivity contribution in [3.63, 3.8) is 0 Å². The van der Waals surface area contributed by atoms with Gasteiger partial charge >= 0.3 is 6.18 Å². The van der Waals surface area contributed by atoms with Gasteiger partial charge in [0.05, 0.1) is 0 Å². The van der Waals surface area contributed by atoms with E-state index in [2.05, 4.69) is 5.32 Å². The van der Waals surface area contributed by atoms with Crippen LogP contribution in [-0.4, -0.2) is 34.8 Å². The molecule has 146 valence electrons. The Morgan fingerprint density at radius 3 is 2.70 bits per heavy atom. The lowest BCUT2D eigenvalue weighted by atomic mass is 10.2. The van der Waals surface area contributed by atoms with E-state index in [-0.39, 0.29) is 13.2 Å². The summed E-state index contributed by atoms with van der Waals surface area (Å²) < 4.78 is 44.2. The first-order chi connectivity index (χ1) is 12.7. The number of halogens is 3. The third-order valence-electron chi connectivity index (χ3n) is 3.61. The smallest absolute Gasteiger partial charge is 0.421 e. The van der Waals surface area contributed by atoms with E-state index in [9.17, 15) is 27.9 Å². The van der Waals surface area contributed by atoms with E-state index >= 15 is 0 Å². The predicted octanol–water partition coefficient (Wildman–Crippen LogP) is 1.73. The number of hydrogen-bond donors (Lipinski definition) is 2. The zero-order valence-electron chi connectivity index (χ0n) is 14.5. The highest BCUT2D eigenvalue weighted by molar-refractivity contribution is 5.75. The number of amides is 1. The number of hydrogen-bond acceptors (Lipinski definition) is 4. The maximum atomic E-state index is 12.7. The fourth-order valence-electron chi connectivity index (χ4n) is 2.28. The van der Waals surface area contributed by atoms with Crippen LogP contribution in [0.4, 0.5) is 13.2 Å². The summed E-state index contributed by atoms with van der Waals surface area (Å²) in [5.41, 5.74) is -1.66. The van der Waals surface area contributed by atoms with Crippen molar-refractivity contribution >= 4 is 5.91 Å². The van der Waals surface area contributed by atoms with E-state index < -0.39 is 35.9 Å². The minimum Gasteiger partial charge on any atom is -0.491 e. The molecule has 2 rings (SSSR count). The number of pyridine rings is 1. The Kier molecular flexibility index (Phi) is 6.62. The molecule has 6 nitrogen and oxygen atoms in total. The van der Waals surface area contributed by atoms with Gasteiger partial charge in [0.2, 0.25) is 5.91 Å². The molecule has 0 aliphatic rings. The quantitative estimate of drug-likeness (QED) is 0.762. The van der Waals surface area contributed by atoms with Crippen molar-refractivity contribution in [1.29, 1.82) is 0 Å². The number of rotatable bonds is 7. The maximum absolute atomic E-state index is 12.7. The number of aliphatic hydroxyl groups excluding tert-OH is 1. The fraction of sp³-hybridized carbons (Fsp3) is 0.333. The standard InChI is InChI=1S/C18H19F3N2O4/c1-12-4-2-5-14(8-12)27-11-13(24)9-22-16(25)10-23-7-3-6-15(17(23)26)18(19,20)21/h2-8,13,24H,9-11H2,1H3,(H,22,25). The lowest BCUT2D eigenvalue weighted by molar-refractivity contribution is -0.139. The van der Waals surface area contributed by atoms with Crippen molar-refractivity contribution in [1.82, 2.24) is 9.88 Å². The van der Waals surface area contributed by atoms with Crippen molar-refractivity contribution in [3.8, 4) is 5.75 Å². The number of benzene rings is 1. The molecule has 1 heterocycles. The van der Waals surface area contributed by atoms with Crippen LogP contribution in [0.3, 0.4) is 0 Å². The Balaban J connectivity index is 1.85. The summed E-state index contributed by atoms with van der Waals surface area (Å²) in [5.74, 6) is -0.137. The molecule has 9 heteroatoms. The molecule has 0 radical (unpaired) electrons. The molecular weight excluding hydrogens is 365 g/mol. The predicted molar refractivity (Wildman–Crippen MR) is 91.4 cm³/mol. The van der Waals surface area contributed by atoms with Crippen molar-refractivity contribution in [2.24, 2.45) is 0 Å². The molecule has 2 N–H and O–H groups in total. The second-order valence-electron chi connectivity index (χ2n) is 5.94. The van der Waals surface area contributed by atoms with E-state index in [4.69, 9.17) is 4.74 Å². The van der Waals surface area contributed by atoms with Gasteiger partial charge in [-0.25, -0.2) is 0 Å². The number of aryl methyl sites for hydroxylation is 1. The Bertz CT molecular complexity index is 849. The minimum atomic E-state index is -4.79. The highest BCUT2D eigenvalue weighted by Gasteiger charge is 2.34. The van der Waals surface area contributed by atoms with Crippen LogP contribution in [0.5, 0.6) is 5.75 Å². The van der Waals surface area contributed by atoms with Crippen molar-refractivity contribution in [2.45, 2.75) is 25.7 Å². The average Bonchev–Trinajstić information content (AvgIpc) is 2.59. The molecule has 0 spiro atoms. The third kappa shape index (κ3) is 6.14. The van der Waals surface area contributed by atoms with E-state index in [0.29, 0.717) is 16.4 Å². The largest absolute Gasteiger partial charge is 0.491 e. The van der Waals surface area contributed by atoms with Crippen LogP contribution in [-0.2, 0) is 17.5 Å². The van der Waals surface area contributed by atoms with Gasteiger partial charge in [-0.2, -0.15) is 13.2 Å². The van der Waals surface area contributed by atoms with Crippen LogP contribution in [0.2, 0.25) is 0 Å². The first-order valence-electron chi connectivity index (χ1n) is 8.07. The van der Waals surface area contributed by atoms with Gasteiger partial charge in [-0.3, -0.25) is 9.59 Å². The number of carbonyl (C=O) groups is 1. The maximum Gasteiger partial charge on any atom is 0.421 e. The van der Waals surface area contributed by atoms with E-state index in [1.54, 1.807) is 18.2 Å². The highest BCUT2D eigenvalue weighted by Crippen LogP contribution is 2.25. The summed E-state index contributed by atoms with van der Waals surface area (Å²) in [6.45, 7) is 1.05. The second-order valence-corrected chi connectivity index (χ2v) is 5.94. The van der Waals surface area contributed by atoms with Crippen LogP contribution < -0.4 is 15.6 Å². The monoisotopic (exact) mass is 384 g/mol. The molecule has 0 fully saturated rings. The molecule has 0 saturated heterocycles. The van der Waals surface area contributed by atoms with Crippen LogP contribution >= 0.6 is 0 Å². The lowest BCUT2D eigenvalue weighted by Crippen LogP contribution is -2.39. The van der Waals surface area contributed by atoms with Crippen LogP contribution in [0.25, 0.3) is 0 Å². The van der Waals surface area contributed by atoms with Crippen LogP contribution in [0.15, 0.2) is 47.4 Å². The second kappa shape index (κ2) is 8.72. The number of carbonyl (C=O) groups excluding carboxylic acids is 1. The van der Waals surface area contributed by atoms with Crippen molar-refractivity contribution in [3.05, 3.63) is 64.1 Å². The van der Waals surface area contributed by atoms with Crippen molar-refractivity contribution in [2.75, 3.05) is 13.2 Å². The molecule has 27 heavy (non-hydrogen) atoms. The van der Waals surface area contributed by atoms with E-state index in [0.717, 1.165) is 17.8 Å². The first-order valence-corrected chi connectivity index (χ1v) is 8.07. The van der Waals surface area contributed by atoms with Gasteiger partial charge in [0, 0.05) is 12.7 Å². The summed E-state index contributed by atoms with van der Waals surface area (Å²) in [6.07, 6.45) is -4.72. The summed E-state index contributed by atoms with van der Waals surface area (Å²) in [5, 5.41) is 12.2.